The number of likely N-dealkylation sites (tertiary alicyclic amines) is 1. The van der Waals surface area contributed by atoms with Crippen LogP contribution in [0.2, 0.25) is 0 Å². The number of aromatic nitrogens is 1. The van der Waals surface area contributed by atoms with Gasteiger partial charge in [0.05, 0.1) is 15.4 Å². The first-order valence-corrected chi connectivity index (χ1v) is 15.7. The molecule has 1 saturated heterocycles. The number of thiazole rings is 1. The summed E-state index contributed by atoms with van der Waals surface area (Å²) >= 11 is 1.11. The second-order valence-electron chi connectivity index (χ2n) is 11.6. The second-order valence-corrected chi connectivity index (χ2v) is 13.8. The summed E-state index contributed by atoms with van der Waals surface area (Å²) in [7, 11) is -1.71. The van der Waals surface area contributed by atoms with Crippen LogP contribution in [0.1, 0.15) is 66.7 Å². The third-order valence-corrected chi connectivity index (χ3v) is 10.0. The van der Waals surface area contributed by atoms with Gasteiger partial charge in [0.25, 0.3) is 11.8 Å². The highest BCUT2D eigenvalue weighted by Gasteiger charge is 2.50. The summed E-state index contributed by atoms with van der Waals surface area (Å²) in [5.41, 5.74) is 4.35. The summed E-state index contributed by atoms with van der Waals surface area (Å²) in [6.45, 7) is 6.60. The van der Waals surface area contributed by atoms with E-state index in [2.05, 4.69) is 21.9 Å². The number of hydrogen-bond donors (Lipinski definition) is 4. The van der Waals surface area contributed by atoms with E-state index in [1.807, 2.05) is 24.3 Å². The Kier molecular flexibility index (Phi) is 8.03. The van der Waals surface area contributed by atoms with Crippen molar-refractivity contribution in [1.29, 1.82) is 0 Å². The monoisotopic (exact) mass is 597 g/mol. The number of benzene rings is 2. The van der Waals surface area contributed by atoms with Crippen LogP contribution in [0.3, 0.4) is 0 Å². The van der Waals surface area contributed by atoms with Gasteiger partial charge in [0, 0.05) is 25.2 Å². The average Bonchev–Trinajstić information content (AvgIpc) is 3.59. The van der Waals surface area contributed by atoms with E-state index in [1.54, 1.807) is 30.9 Å². The van der Waals surface area contributed by atoms with Crippen molar-refractivity contribution < 1.29 is 23.7 Å². The van der Waals surface area contributed by atoms with E-state index in [1.165, 1.54) is 0 Å². The van der Waals surface area contributed by atoms with Crippen LogP contribution >= 0.6 is 11.3 Å². The Morgan fingerprint density at radius 2 is 1.80 bits per heavy atom. The molecule has 41 heavy (non-hydrogen) atoms. The van der Waals surface area contributed by atoms with Crippen LogP contribution in [0.4, 0.5) is 0 Å². The van der Waals surface area contributed by atoms with Crippen LogP contribution in [0, 0.1) is 5.92 Å². The minimum absolute atomic E-state index is 0.0251. The quantitative estimate of drug-likeness (QED) is 0.297. The topological polar surface area (TPSA) is 155 Å². The molecule has 0 bridgehead atoms. The van der Waals surface area contributed by atoms with E-state index >= 15 is 0 Å². The van der Waals surface area contributed by atoms with Gasteiger partial charge in [0.1, 0.15) is 22.2 Å². The van der Waals surface area contributed by atoms with Crippen LogP contribution < -0.4 is 15.8 Å². The van der Waals surface area contributed by atoms with Crippen LogP contribution in [0.15, 0.2) is 41.3 Å². The molecule has 3 amide bonds. The minimum atomic E-state index is -1.71. The molecule has 2 aliphatic rings. The highest BCUT2D eigenvalue weighted by Crippen LogP contribution is 2.40. The molecule has 3 aromatic rings. The summed E-state index contributed by atoms with van der Waals surface area (Å²) < 4.78 is 16.3. The van der Waals surface area contributed by atoms with Gasteiger partial charge in [-0.25, -0.2) is 13.9 Å². The number of nitrogens with two attached hydrogens (primary N) is 1. The molecule has 2 fully saturated rings. The standard InChI is InChI=1S/C29H35N5O5S2/c1-17-10-14-34(15-11-17)26(36)22-23(40-25(32-22)24(35)31-16-28(2,3)38)20-8-9-21(19-7-5-4-6-18(19)20)41(39)33-29(12-13-29)27(30)37/h4-9,17,33,38H,10-16H2,1-3H3,(H2,30,37)(H,31,35). The van der Waals surface area contributed by atoms with Crippen molar-refractivity contribution in [3.63, 3.8) is 0 Å². The lowest BCUT2D eigenvalue weighted by Gasteiger charge is -2.30. The number of hydrogen-bond acceptors (Lipinski definition) is 7. The SMILES string of the molecule is CC1CCN(C(=O)c2nc(C(=O)NCC(C)(C)O)sc2-c2ccc(S(=O)NC3(C(N)=O)CC3)c3ccccc23)CC1. The summed E-state index contributed by atoms with van der Waals surface area (Å²) in [4.78, 5) is 46.1. The van der Waals surface area contributed by atoms with E-state index in [9.17, 15) is 23.7 Å². The van der Waals surface area contributed by atoms with Gasteiger partial charge < -0.3 is 21.1 Å². The van der Waals surface area contributed by atoms with Crippen LogP contribution in [0.5, 0.6) is 0 Å². The van der Waals surface area contributed by atoms with Gasteiger partial charge in [-0.1, -0.05) is 37.3 Å². The van der Waals surface area contributed by atoms with E-state index in [0.29, 0.717) is 52.6 Å². The zero-order valence-corrected chi connectivity index (χ0v) is 25.0. The first kappa shape index (κ1) is 29.3. The number of nitrogens with zero attached hydrogens (tertiary/aromatic N) is 2. The molecule has 5 N–H and O–H groups in total. The molecule has 1 aliphatic carbocycles. The lowest BCUT2D eigenvalue weighted by molar-refractivity contribution is -0.120. The van der Waals surface area contributed by atoms with Gasteiger partial charge in [0.2, 0.25) is 5.91 Å². The number of rotatable bonds is 9. The predicted molar refractivity (Wildman–Crippen MR) is 159 cm³/mol. The molecule has 0 spiro atoms. The van der Waals surface area contributed by atoms with Crippen molar-refractivity contribution in [2.45, 2.75) is 62.5 Å². The van der Waals surface area contributed by atoms with E-state index in [-0.39, 0.29) is 23.2 Å². The van der Waals surface area contributed by atoms with E-state index in [0.717, 1.165) is 29.6 Å². The third-order valence-electron chi connectivity index (χ3n) is 7.61. The highest BCUT2D eigenvalue weighted by atomic mass is 32.2. The lowest BCUT2D eigenvalue weighted by Crippen LogP contribution is -2.44. The van der Waals surface area contributed by atoms with Crippen molar-refractivity contribution in [3.05, 3.63) is 47.1 Å². The summed E-state index contributed by atoms with van der Waals surface area (Å²) in [6.07, 6.45) is 2.86. The third kappa shape index (κ3) is 6.20. The summed E-state index contributed by atoms with van der Waals surface area (Å²) in [5.74, 6) is -0.702. The molecular weight excluding hydrogens is 562 g/mol. The van der Waals surface area contributed by atoms with Crippen molar-refractivity contribution in [2.75, 3.05) is 19.6 Å². The Hall–Kier alpha value is -3.19. The van der Waals surface area contributed by atoms with Crippen LogP contribution in [-0.4, -0.2) is 67.7 Å². The summed E-state index contributed by atoms with van der Waals surface area (Å²) in [6, 6.07) is 10.9. The number of amides is 3. The molecule has 2 heterocycles. The molecule has 10 nitrogen and oxygen atoms in total. The molecule has 12 heteroatoms. The smallest absolute Gasteiger partial charge is 0.280 e. The lowest BCUT2D eigenvalue weighted by atomic mass is 9.98. The fourth-order valence-electron chi connectivity index (χ4n) is 4.87. The van der Waals surface area contributed by atoms with Crippen molar-refractivity contribution in [2.24, 2.45) is 11.7 Å². The molecule has 1 saturated carbocycles. The molecule has 218 valence electrons. The van der Waals surface area contributed by atoms with Gasteiger partial charge in [-0.3, -0.25) is 14.4 Å². The number of carbonyl (C=O) groups excluding carboxylic acids is 3. The van der Waals surface area contributed by atoms with Gasteiger partial charge in [-0.2, -0.15) is 0 Å². The Balaban J connectivity index is 1.56. The fraction of sp³-hybridized carbons (Fsp3) is 0.448. The molecular formula is C29H35N5O5S2. The van der Waals surface area contributed by atoms with Gasteiger partial charge in [-0.05, 0) is 62.3 Å². The number of primary amides is 1. The molecule has 1 unspecified atom stereocenters. The van der Waals surface area contributed by atoms with Gasteiger partial charge in [-0.15, -0.1) is 11.3 Å². The zero-order chi connectivity index (χ0) is 29.5. The largest absolute Gasteiger partial charge is 0.389 e. The molecule has 5 rings (SSSR count). The first-order valence-electron chi connectivity index (χ1n) is 13.7. The first-order chi connectivity index (χ1) is 19.4. The van der Waals surface area contributed by atoms with Crippen molar-refractivity contribution in [3.8, 4) is 10.4 Å². The minimum Gasteiger partial charge on any atom is -0.389 e. The van der Waals surface area contributed by atoms with Crippen molar-refractivity contribution in [1.82, 2.24) is 19.9 Å². The number of nitrogens with one attached hydrogen (secondary N) is 2. The van der Waals surface area contributed by atoms with Gasteiger partial charge in [0.15, 0.2) is 5.01 Å². The zero-order valence-electron chi connectivity index (χ0n) is 23.4. The van der Waals surface area contributed by atoms with Gasteiger partial charge >= 0.3 is 0 Å². The number of aliphatic hydroxyl groups is 1. The predicted octanol–water partition coefficient (Wildman–Crippen LogP) is 2.97. The molecule has 2 aromatic carbocycles. The fourth-order valence-corrected chi connectivity index (χ4v) is 7.22. The van der Waals surface area contributed by atoms with E-state index in [4.69, 9.17) is 5.73 Å². The van der Waals surface area contributed by atoms with E-state index < -0.39 is 33.9 Å². The normalized spacial score (nSPS) is 17.8. The molecule has 1 aromatic heterocycles. The molecule has 0 radical (unpaired) electrons. The Bertz CT molecular complexity index is 1530. The Morgan fingerprint density at radius 3 is 2.41 bits per heavy atom. The second kappa shape index (κ2) is 11.2. The average molecular weight is 598 g/mol. The Labute approximate surface area is 245 Å². The van der Waals surface area contributed by atoms with Crippen LogP contribution in [-0.2, 0) is 15.8 Å². The highest BCUT2D eigenvalue weighted by molar-refractivity contribution is 7.83. The Morgan fingerprint density at radius 1 is 1.15 bits per heavy atom. The maximum atomic E-state index is 13.8. The summed E-state index contributed by atoms with van der Waals surface area (Å²) in [5, 5.41) is 14.3. The maximum Gasteiger partial charge on any atom is 0.280 e. The van der Waals surface area contributed by atoms with Crippen molar-refractivity contribution >= 4 is 50.8 Å². The molecule has 1 atom stereocenters. The molecule has 1 aliphatic heterocycles. The number of piperidine rings is 1. The number of carbonyl (C=O) groups is 3. The van der Waals surface area contributed by atoms with Crippen LogP contribution in [0.25, 0.3) is 21.2 Å². The maximum absolute atomic E-state index is 13.8. The number of fused-ring (bicyclic) bond motifs is 1.